The van der Waals surface area contributed by atoms with Gasteiger partial charge in [0.15, 0.2) is 16.9 Å². The summed E-state index contributed by atoms with van der Waals surface area (Å²) in [7, 11) is 0. The summed E-state index contributed by atoms with van der Waals surface area (Å²) >= 11 is 0. The Labute approximate surface area is 196 Å². The van der Waals surface area contributed by atoms with Crippen molar-refractivity contribution in [3.05, 3.63) is 46.7 Å². The molecular formula is C26H31N5O2. The van der Waals surface area contributed by atoms with Crippen molar-refractivity contribution in [2.45, 2.75) is 39.5 Å². The monoisotopic (exact) mass is 445 g/mol. The lowest BCUT2D eigenvalue weighted by atomic mass is 9.58. The molecule has 1 aliphatic heterocycles. The second kappa shape index (κ2) is 10.4. The molecule has 0 amide bonds. The molecule has 2 unspecified atom stereocenters. The molecular weight excluding hydrogens is 414 g/mol. The first-order valence-corrected chi connectivity index (χ1v) is 11.6. The van der Waals surface area contributed by atoms with Gasteiger partial charge in [-0.15, -0.1) is 0 Å². The van der Waals surface area contributed by atoms with Crippen LogP contribution in [0.3, 0.4) is 0 Å². The van der Waals surface area contributed by atoms with Crippen molar-refractivity contribution in [2.24, 2.45) is 17.1 Å². The number of ether oxygens (including phenoxy) is 2. The SMILES string of the molecule is CCCOc1ccc(C2C3CN(CCC)CC=C3C(C#N)=C(N)C2(C#N)C#N)cc1OCC. The summed E-state index contributed by atoms with van der Waals surface area (Å²) in [6.07, 6.45) is 3.88. The van der Waals surface area contributed by atoms with Gasteiger partial charge in [-0.1, -0.05) is 26.0 Å². The van der Waals surface area contributed by atoms with Crippen LogP contribution in [0.15, 0.2) is 41.1 Å². The third-order valence-electron chi connectivity index (χ3n) is 6.37. The zero-order chi connectivity index (χ0) is 24.0. The molecule has 1 heterocycles. The number of rotatable bonds is 8. The van der Waals surface area contributed by atoms with Crippen molar-refractivity contribution in [2.75, 3.05) is 32.8 Å². The van der Waals surface area contributed by atoms with Crippen molar-refractivity contribution >= 4 is 0 Å². The number of nitriles is 3. The van der Waals surface area contributed by atoms with E-state index in [9.17, 15) is 15.8 Å². The van der Waals surface area contributed by atoms with Crippen LogP contribution in [0.4, 0.5) is 0 Å². The number of allylic oxidation sites excluding steroid dienone is 2. The number of hydrogen-bond donors (Lipinski definition) is 1. The minimum atomic E-state index is -1.66. The lowest BCUT2D eigenvalue weighted by Gasteiger charge is -2.45. The van der Waals surface area contributed by atoms with Gasteiger partial charge in [0.1, 0.15) is 6.07 Å². The van der Waals surface area contributed by atoms with Crippen LogP contribution in [-0.4, -0.2) is 37.7 Å². The average molecular weight is 446 g/mol. The Morgan fingerprint density at radius 2 is 1.85 bits per heavy atom. The fourth-order valence-corrected chi connectivity index (χ4v) is 4.93. The van der Waals surface area contributed by atoms with Gasteiger partial charge in [-0.2, -0.15) is 15.8 Å². The molecule has 2 N–H and O–H groups in total. The molecule has 0 radical (unpaired) electrons. The van der Waals surface area contributed by atoms with Crippen molar-refractivity contribution in [3.8, 4) is 29.7 Å². The Morgan fingerprint density at radius 3 is 2.45 bits per heavy atom. The van der Waals surface area contributed by atoms with Crippen LogP contribution in [0.2, 0.25) is 0 Å². The lowest BCUT2D eigenvalue weighted by molar-refractivity contribution is 0.207. The first kappa shape index (κ1) is 24.2. The van der Waals surface area contributed by atoms with Crippen molar-refractivity contribution in [1.29, 1.82) is 15.8 Å². The van der Waals surface area contributed by atoms with Crippen molar-refractivity contribution < 1.29 is 9.47 Å². The molecule has 0 saturated heterocycles. The molecule has 0 aromatic heterocycles. The Hall–Kier alpha value is -3.47. The number of hydrogen-bond acceptors (Lipinski definition) is 7. The van der Waals surface area contributed by atoms with Gasteiger partial charge in [-0.05, 0) is 49.6 Å². The second-order valence-corrected chi connectivity index (χ2v) is 8.42. The molecule has 0 saturated carbocycles. The molecule has 1 aromatic carbocycles. The van der Waals surface area contributed by atoms with E-state index in [-0.39, 0.29) is 17.2 Å². The molecule has 7 nitrogen and oxygen atoms in total. The number of nitrogens with zero attached hydrogens (tertiary/aromatic N) is 4. The Kier molecular flexibility index (Phi) is 7.64. The highest BCUT2D eigenvalue weighted by Crippen LogP contribution is 2.54. The van der Waals surface area contributed by atoms with E-state index in [1.807, 2.05) is 38.1 Å². The zero-order valence-electron chi connectivity index (χ0n) is 19.6. The smallest absolute Gasteiger partial charge is 0.191 e. The second-order valence-electron chi connectivity index (χ2n) is 8.42. The minimum absolute atomic E-state index is 0.0377. The third-order valence-corrected chi connectivity index (χ3v) is 6.37. The van der Waals surface area contributed by atoms with Gasteiger partial charge in [0, 0.05) is 24.9 Å². The van der Waals surface area contributed by atoms with Crippen LogP contribution in [0, 0.1) is 45.3 Å². The summed E-state index contributed by atoms with van der Waals surface area (Å²) in [4.78, 5) is 2.29. The van der Waals surface area contributed by atoms with E-state index in [1.54, 1.807) is 0 Å². The van der Waals surface area contributed by atoms with Crippen LogP contribution in [0.1, 0.15) is 45.1 Å². The van der Waals surface area contributed by atoms with Gasteiger partial charge >= 0.3 is 0 Å². The fraction of sp³-hybridized carbons (Fsp3) is 0.500. The van der Waals surface area contributed by atoms with Crippen LogP contribution >= 0.6 is 0 Å². The van der Waals surface area contributed by atoms with Crippen LogP contribution in [0.5, 0.6) is 11.5 Å². The van der Waals surface area contributed by atoms with E-state index in [0.29, 0.717) is 37.8 Å². The zero-order valence-corrected chi connectivity index (χ0v) is 19.6. The summed E-state index contributed by atoms with van der Waals surface area (Å²) in [5, 5.41) is 30.4. The normalized spacial score (nSPS) is 21.8. The van der Waals surface area contributed by atoms with Gasteiger partial charge < -0.3 is 15.2 Å². The largest absolute Gasteiger partial charge is 0.490 e. The molecule has 172 valence electrons. The molecule has 3 rings (SSSR count). The van der Waals surface area contributed by atoms with Crippen molar-refractivity contribution in [1.82, 2.24) is 4.90 Å². The Morgan fingerprint density at radius 1 is 1.09 bits per heavy atom. The number of benzene rings is 1. The third kappa shape index (κ3) is 4.28. The van der Waals surface area contributed by atoms with Gasteiger partial charge in [0.25, 0.3) is 0 Å². The van der Waals surface area contributed by atoms with Crippen molar-refractivity contribution in [3.63, 3.8) is 0 Å². The summed E-state index contributed by atoms with van der Waals surface area (Å²) in [6.45, 7) is 9.32. The summed E-state index contributed by atoms with van der Waals surface area (Å²) in [5.74, 6) is 0.443. The molecule has 0 spiro atoms. The van der Waals surface area contributed by atoms with E-state index in [2.05, 4.69) is 30.0 Å². The van der Waals surface area contributed by atoms with Gasteiger partial charge in [0.05, 0.1) is 36.6 Å². The number of fused-ring (bicyclic) bond motifs is 1. The maximum atomic E-state index is 10.3. The highest BCUT2D eigenvalue weighted by Gasteiger charge is 2.54. The molecule has 0 bridgehead atoms. The average Bonchev–Trinajstić information content (AvgIpc) is 2.83. The highest BCUT2D eigenvalue weighted by atomic mass is 16.5. The molecule has 33 heavy (non-hydrogen) atoms. The molecule has 2 atom stereocenters. The van der Waals surface area contributed by atoms with E-state index in [1.165, 1.54) is 0 Å². The van der Waals surface area contributed by atoms with Crippen LogP contribution < -0.4 is 15.2 Å². The summed E-state index contributed by atoms with van der Waals surface area (Å²) in [6, 6.07) is 12.2. The van der Waals surface area contributed by atoms with E-state index < -0.39 is 11.3 Å². The van der Waals surface area contributed by atoms with E-state index in [0.717, 1.165) is 30.5 Å². The quantitative estimate of drug-likeness (QED) is 0.642. The van der Waals surface area contributed by atoms with E-state index in [4.69, 9.17) is 15.2 Å². The predicted molar refractivity (Wildman–Crippen MR) is 125 cm³/mol. The van der Waals surface area contributed by atoms with Crippen LogP contribution in [0.25, 0.3) is 0 Å². The summed E-state index contributed by atoms with van der Waals surface area (Å²) in [5.41, 5.74) is 6.67. The fourth-order valence-electron chi connectivity index (χ4n) is 4.93. The topological polar surface area (TPSA) is 119 Å². The molecule has 2 aliphatic rings. The maximum absolute atomic E-state index is 10.3. The Balaban J connectivity index is 2.22. The first-order valence-electron chi connectivity index (χ1n) is 11.6. The van der Waals surface area contributed by atoms with Gasteiger partial charge in [-0.25, -0.2) is 0 Å². The maximum Gasteiger partial charge on any atom is 0.191 e. The lowest BCUT2D eigenvalue weighted by Crippen LogP contribution is -2.48. The molecule has 1 aliphatic carbocycles. The molecule has 0 fully saturated rings. The highest BCUT2D eigenvalue weighted by molar-refractivity contribution is 5.60. The summed E-state index contributed by atoms with van der Waals surface area (Å²) < 4.78 is 11.7. The van der Waals surface area contributed by atoms with Gasteiger partial charge in [0.2, 0.25) is 0 Å². The standard InChI is InChI=1S/C26H31N5O2/c1-4-10-31-11-9-19-20(14-27)25(30)26(16-28,17-29)24(21(19)15-31)18-7-8-22(33-12-5-2)23(13-18)32-6-3/h7-9,13,21,24H,4-6,10-12,15,30H2,1-3H3. The van der Waals surface area contributed by atoms with Gasteiger partial charge in [-0.3, -0.25) is 4.90 Å². The first-order chi connectivity index (χ1) is 16.0. The van der Waals surface area contributed by atoms with Crippen LogP contribution in [-0.2, 0) is 0 Å². The molecule has 7 heteroatoms. The Bertz CT molecular complexity index is 1060. The predicted octanol–water partition coefficient (Wildman–Crippen LogP) is 4.01. The number of nitrogens with two attached hydrogens (primary N) is 1. The molecule has 1 aromatic rings. The minimum Gasteiger partial charge on any atom is -0.490 e. The van der Waals surface area contributed by atoms with E-state index >= 15 is 0 Å².